The molecule has 9 nitrogen and oxygen atoms in total. The maximum Gasteiger partial charge on any atom is 0.298 e. The maximum absolute atomic E-state index is 14.8. The average molecular weight is 493 g/mol. The van der Waals surface area contributed by atoms with Gasteiger partial charge >= 0.3 is 0 Å². The van der Waals surface area contributed by atoms with E-state index in [1.165, 1.54) is 32.3 Å². The summed E-state index contributed by atoms with van der Waals surface area (Å²) in [5.41, 5.74) is 1.17. The molecule has 1 fully saturated rings. The number of benzene rings is 2. The number of sulfonamides is 1. The minimum Gasteiger partial charge on any atom is -0.504 e. The Balaban J connectivity index is 1.74. The second-order valence-electron chi connectivity index (χ2n) is 8.37. The minimum atomic E-state index is -3.63. The lowest BCUT2D eigenvalue weighted by Crippen LogP contribution is -2.43. The highest BCUT2D eigenvalue weighted by Gasteiger charge is 2.28. The van der Waals surface area contributed by atoms with Crippen LogP contribution < -0.4 is 15.0 Å². The van der Waals surface area contributed by atoms with Crippen molar-refractivity contribution in [3.05, 3.63) is 41.7 Å². The molecule has 0 radical (unpaired) electrons. The number of hydrogen-bond donors (Lipinski definition) is 2. The summed E-state index contributed by atoms with van der Waals surface area (Å²) in [5.74, 6) is -0.608. The highest BCUT2D eigenvalue weighted by Crippen LogP contribution is 2.33. The standard InChI is InChI=1S/C23H29FN4O5S/c1-4-32-22-11-15(18(24)13-20(22)29)14-28(16-7-9-25-10-8-16)23-26-19-12-17(5-6-21(19)33-23)34(30,31)27(2)3/h5-6,11-13,16,25,29H,4,7-10,14H2,1-3H3. The predicted octanol–water partition coefficient (Wildman–Crippen LogP) is 3.08. The third-order valence-electron chi connectivity index (χ3n) is 5.89. The smallest absolute Gasteiger partial charge is 0.298 e. The van der Waals surface area contributed by atoms with Gasteiger partial charge in [-0.2, -0.15) is 4.98 Å². The zero-order valence-electron chi connectivity index (χ0n) is 19.4. The van der Waals surface area contributed by atoms with Crippen molar-refractivity contribution in [1.82, 2.24) is 14.6 Å². The Kier molecular flexibility index (Phi) is 6.96. The van der Waals surface area contributed by atoms with Crippen LogP contribution in [0.15, 0.2) is 39.6 Å². The summed E-state index contributed by atoms with van der Waals surface area (Å²) in [6.45, 7) is 3.86. The predicted molar refractivity (Wildman–Crippen MR) is 126 cm³/mol. The van der Waals surface area contributed by atoms with Crippen molar-refractivity contribution < 1.29 is 27.1 Å². The first kappa shape index (κ1) is 24.2. The van der Waals surface area contributed by atoms with Crippen molar-refractivity contribution in [1.29, 1.82) is 0 Å². The normalized spacial score (nSPS) is 15.2. The zero-order valence-corrected chi connectivity index (χ0v) is 20.2. The lowest BCUT2D eigenvalue weighted by atomic mass is 10.0. The molecule has 0 bridgehead atoms. The molecule has 1 aliphatic rings. The number of nitrogens with zero attached hydrogens (tertiary/aromatic N) is 3. The van der Waals surface area contributed by atoms with Gasteiger partial charge in [0.15, 0.2) is 17.1 Å². The Morgan fingerprint density at radius 3 is 2.65 bits per heavy atom. The van der Waals surface area contributed by atoms with E-state index in [0.29, 0.717) is 23.3 Å². The fourth-order valence-corrected chi connectivity index (χ4v) is 4.94. The van der Waals surface area contributed by atoms with Gasteiger partial charge in [-0.25, -0.2) is 17.1 Å². The second kappa shape index (κ2) is 9.77. The van der Waals surface area contributed by atoms with E-state index < -0.39 is 15.8 Å². The van der Waals surface area contributed by atoms with E-state index in [2.05, 4.69) is 10.3 Å². The number of aromatic hydroxyl groups is 1. The van der Waals surface area contributed by atoms with Crippen LogP contribution in [0.1, 0.15) is 25.3 Å². The first-order valence-corrected chi connectivity index (χ1v) is 12.6. The fraction of sp³-hybridized carbons (Fsp3) is 0.435. The van der Waals surface area contributed by atoms with Crippen molar-refractivity contribution in [3.8, 4) is 11.5 Å². The molecule has 0 spiro atoms. The third kappa shape index (κ3) is 4.82. The van der Waals surface area contributed by atoms with Crippen LogP contribution in [0, 0.1) is 5.82 Å². The van der Waals surface area contributed by atoms with Crippen LogP contribution in [-0.4, -0.2) is 62.6 Å². The third-order valence-corrected chi connectivity index (χ3v) is 7.70. The molecular formula is C23H29FN4O5S. The van der Waals surface area contributed by atoms with Gasteiger partial charge < -0.3 is 24.5 Å². The molecule has 4 rings (SSSR count). The Morgan fingerprint density at radius 1 is 1.24 bits per heavy atom. The Morgan fingerprint density at radius 2 is 1.97 bits per heavy atom. The van der Waals surface area contributed by atoms with Crippen LogP contribution in [0.3, 0.4) is 0 Å². The number of oxazole rings is 1. The molecule has 3 aromatic rings. The Hall–Kier alpha value is -2.89. The van der Waals surface area contributed by atoms with E-state index in [0.717, 1.165) is 36.3 Å². The van der Waals surface area contributed by atoms with E-state index in [9.17, 15) is 17.9 Å². The van der Waals surface area contributed by atoms with Gasteiger partial charge in [0.25, 0.3) is 6.01 Å². The molecule has 0 saturated carbocycles. The number of anilines is 1. The van der Waals surface area contributed by atoms with Crippen LogP contribution in [-0.2, 0) is 16.6 Å². The molecule has 1 aliphatic heterocycles. The van der Waals surface area contributed by atoms with Crippen LogP contribution in [0.5, 0.6) is 11.5 Å². The molecule has 0 unspecified atom stereocenters. The van der Waals surface area contributed by atoms with Gasteiger partial charge in [0.1, 0.15) is 11.3 Å². The number of hydrogen-bond acceptors (Lipinski definition) is 8. The number of piperidine rings is 1. The number of aromatic nitrogens is 1. The van der Waals surface area contributed by atoms with Crippen LogP contribution in [0.2, 0.25) is 0 Å². The SMILES string of the molecule is CCOc1cc(CN(c2nc3cc(S(=O)(=O)N(C)C)ccc3o2)C2CCNCC2)c(F)cc1O. The lowest BCUT2D eigenvalue weighted by molar-refractivity contribution is 0.316. The minimum absolute atomic E-state index is 0.0306. The summed E-state index contributed by atoms with van der Waals surface area (Å²) < 4.78 is 52.4. The highest BCUT2D eigenvalue weighted by molar-refractivity contribution is 7.89. The Labute approximate surface area is 198 Å². The number of ether oxygens (including phenoxy) is 1. The summed E-state index contributed by atoms with van der Waals surface area (Å²) in [6, 6.07) is 7.40. The van der Waals surface area contributed by atoms with Crippen LogP contribution in [0.4, 0.5) is 10.4 Å². The van der Waals surface area contributed by atoms with E-state index in [4.69, 9.17) is 9.15 Å². The highest BCUT2D eigenvalue weighted by atomic mass is 32.2. The molecule has 0 amide bonds. The summed E-state index contributed by atoms with van der Waals surface area (Å²) in [6.07, 6.45) is 1.61. The number of fused-ring (bicyclic) bond motifs is 1. The first-order valence-electron chi connectivity index (χ1n) is 11.2. The number of nitrogens with one attached hydrogen (secondary N) is 1. The van der Waals surface area contributed by atoms with E-state index in [-0.39, 0.29) is 35.0 Å². The summed E-state index contributed by atoms with van der Waals surface area (Å²) in [7, 11) is -0.691. The number of rotatable bonds is 8. The molecule has 2 N–H and O–H groups in total. The fourth-order valence-electron chi connectivity index (χ4n) is 4.02. The largest absolute Gasteiger partial charge is 0.504 e. The second-order valence-corrected chi connectivity index (χ2v) is 10.5. The van der Waals surface area contributed by atoms with Crippen molar-refractivity contribution in [2.24, 2.45) is 0 Å². The molecule has 2 heterocycles. The van der Waals surface area contributed by atoms with Crippen molar-refractivity contribution >= 4 is 27.1 Å². The number of phenols is 1. The van der Waals surface area contributed by atoms with Gasteiger partial charge in [0.2, 0.25) is 10.0 Å². The zero-order chi connectivity index (χ0) is 24.5. The number of phenolic OH excluding ortho intramolecular Hbond substituents is 1. The Bertz CT molecular complexity index is 1270. The van der Waals surface area contributed by atoms with Crippen molar-refractivity contribution in [2.75, 3.05) is 38.7 Å². The molecule has 34 heavy (non-hydrogen) atoms. The van der Waals surface area contributed by atoms with E-state index >= 15 is 0 Å². The molecule has 0 atom stereocenters. The topological polar surface area (TPSA) is 108 Å². The van der Waals surface area contributed by atoms with E-state index in [1.54, 1.807) is 13.0 Å². The summed E-state index contributed by atoms with van der Waals surface area (Å²) >= 11 is 0. The molecular weight excluding hydrogens is 463 g/mol. The van der Waals surface area contributed by atoms with Gasteiger partial charge in [0.05, 0.1) is 18.0 Å². The quantitative estimate of drug-likeness (QED) is 0.494. The van der Waals surface area contributed by atoms with Gasteiger partial charge in [0, 0.05) is 31.8 Å². The van der Waals surface area contributed by atoms with Gasteiger partial charge in [-0.05, 0) is 57.1 Å². The average Bonchev–Trinajstić information content (AvgIpc) is 3.23. The summed E-state index contributed by atoms with van der Waals surface area (Å²) in [5, 5.41) is 13.3. The van der Waals surface area contributed by atoms with Crippen molar-refractivity contribution in [3.63, 3.8) is 0 Å². The molecule has 0 aliphatic carbocycles. The molecule has 2 aromatic carbocycles. The van der Waals surface area contributed by atoms with Gasteiger partial charge in [-0.1, -0.05) is 0 Å². The van der Waals surface area contributed by atoms with Crippen LogP contribution >= 0.6 is 0 Å². The molecule has 1 aromatic heterocycles. The first-order chi connectivity index (χ1) is 16.2. The number of halogens is 1. The molecule has 1 saturated heterocycles. The summed E-state index contributed by atoms with van der Waals surface area (Å²) in [4.78, 5) is 6.59. The monoisotopic (exact) mass is 492 g/mol. The van der Waals surface area contributed by atoms with Crippen LogP contribution in [0.25, 0.3) is 11.1 Å². The maximum atomic E-state index is 14.8. The molecule has 184 valence electrons. The van der Waals surface area contributed by atoms with Gasteiger partial charge in [-0.3, -0.25) is 0 Å². The molecule has 11 heteroatoms. The van der Waals surface area contributed by atoms with E-state index in [1.807, 2.05) is 4.90 Å². The van der Waals surface area contributed by atoms with Gasteiger partial charge in [-0.15, -0.1) is 0 Å². The lowest BCUT2D eigenvalue weighted by Gasteiger charge is -2.33. The van der Waals surface area contributed by atoms with Crippen molar-refractivity contribution in [2.45, 2.75) is 37.2 Å².